The number of benzene rings is 2. The molecule has 3 rings (SSSR count). The Labute approximate surface area is 246 Å². The number of anilines is 1. The number of ether oxygens (including phenoxy) is 3. The first kappa shape index (κ1) is 31.8. The Morgan fingerprint density at radius 3 is 1.51 bits per heavy atom. The summed E-state index contributed by atoms with van der Waals surface area (Å²) < 4.78 is 16.4. The number of carbonyl (C=O) groups is 3. The molecule has 1 heterocycles. The highest BCUT2D eigenvalue weighted by Crippen LogP contribution is 2.31. The lowest BCUT2D eigenvalue weighted by molar-refractivity contribution is 0.0374. The molecule has 1 saturated heterocycles. The Kier molecular flexibility index (Phi) is 9.63. The first-order chi connectivity index (χ1) is 18.9. The number of hydrogen-bond acceptors (Lipinski definition) is 8. The van der Waals surface area contributed by atoms with Crippen LogP contribution in [0.2, 0.25) is 0 Å². The van der Waals surface area contributed by atoms with Crippen LogP contribution < -0.4 is 5.32 Å². The van der Waals surface area contributed by atoms with Crippen LogP contribution in [0.1, 0.15) is 62.3 Å². The van der Waals surface area contributed by atoms with E-state index in [-0.39, 0.29) is 19.0 Å². The van der Waals surface area contributed by atoms with Gasteiger partial charge in [0.15, 0.2) is 0 Å². The minimum Gasteiger partial charge on any atom is -0.444 e. The van der Waals surface area contributed by atoms with Crippen molar-refractivity contribution >= 4 is 47.4 Å². The summed E-state index contributed by atoms with van der Waals surface area (Å²) in [6.07, 6.45) is -1.67. The van der Waals surface area contributed by atoms with Gasteiger partial charge < -0.3 is 14.2 Å². The summed E-state index contributed by atoms with van der Waals surface area (Å²) in [7, 11) is 0. The van der Waals surface area contributed by atoms with Gasteiger partial charge in [-0.25, -0.2) is 29.2 Å². The summed E-state index contributed by atoms with van der Waals surface area (Å²) >= 11 is 1.54. The van der Waals surface area contributed by atoms with Crippen LogP contribution in [0.4, 0.5) is 25.8 Å². The van der Waals surface area contributed by atoms with E-state index >= 15 is 0 Å². The molecule has 1 N–H and O–H groups in total. The highest BCUT2D eigenvalue weighted by molar-refractivity contribution is 7.99. The molecule has 0 bridgehead atoms. The SMILES string of the molecule is CC(C)(C)OC(=O)Nc1ccc(Sc2ccc(N=C3N(C(=O)OC(C)(C)C)CCN3C(=O)OC(C)(C)C)cc2)cc1. The summed E-state index contributed by atoms with van der Waals surface area (Å²) in [4.78, 5) is 47.1. The Morgan fingerprint density at radius 1 is 0.683 bits per heavy atom. The van der Waals surface area contributed by atoms with Crippen molar-refractivity contribution in [1.29, 1.82) is 0 Å². The molecule has 11 heteroatoms. The van der Waals surface area contributed by atoms with E-state index in [1.54, 1.807) is 41.5 Å². The number of nitrogens with zero attached hydrogens (tertiary/aromatic N) is 3. The van der Waals surface area contributed by atoms with E-state index in [1.165, 1.54) is 21.6 Å². The van der Waals surface area contributed by atoms with Crippen molar-refractivity contribution in [2.45, 2.75) is 88.9 Å². The molecule has 3 amide bonds. The molecule has 1 aliphatic rings. The van der Waals surface area contributed by atoms with Crippen molar-refractivity contribution < 1.29 is 28.6 Å². The predicted octanol–water partition coefficient (Wildman–Crippen LogP) is 7.66. The standard InChI is InChI=1S/C30H40N4O6S/c1-28(2,3)38-25(35)32-21-12-16-23(17-13-21)41-22-14-10-20(11-15-22)31-24-33(26(36)39-29(4,5)6)18-19-34(24)27(37)40-30(7,8)9/h10-17H,18-19H2,1-9H3,(H,32,35). The number of nitrogens with one attached hydrogen (secondary N) is 1. The molecule has 2 aromatic carbocycles. The van der Waals surface area contributed by atoms with Gasteiger partial charge in [-0.05, 0) is 111 Å². The fourth-order valence-corrected chi connectivity index (χ4v) is 4.33. The van der Waals surface area contributed by atoms with Crippen molar-refractivity contribution in [1.82, 2.24) is 9.80 Å². The Balaban J connectivity index is 1.75. The molecule has 10 nitrogen and oxygen atoms in total. The third kappa shape index (κ3) is 10.3. The molecular weight excluding hydrogens is 544 g/mol. The monoisotopic (exact) mass is 584 g/mol. The number of guanidine groups is 1. The van der Waals surface area contributed by atoms with Crippen LogP contribution in [-0.4, -0.2) is 63.9 Å². The third-order valence-corrected chi connectivity index (χ3v) is 6.07. The summed E-state index contributed by atoms with van der Waals surface area (Å²) in [5, 5.41) is 2.72. The summed E-state index contributed by atoms with van der Waals surface area (Å²) in [5.74, 6) is 0.155. The summed E-state index contributed by atoms with van der Waals surface area (Å²) in [6.45, 7) is 16.6. The lowest BCUT2D eigenvalue weighted by Crippen LogP contribution is -2.44. The first-order valence-electron chi connectivity index (χ1n) is 13.4. The van der Waals surface area contributed by atoms with E-state index < -0.39 is 35.1 Å². The fraction of sp³-hybridized carbons (Fsp3) is 0.467. The van der Waals surface area contributed by atoms with Crippen molar-refractivity contribution in [2.24, 2.45) is 4.99 Å². The maximum atomic E-state index is 12.9. The van der Waals surface area contributed by atoms with Crippen LogP contribution in [-0.2, 0) is 14.2 Å². The number of carbonyl (C=O) groups excluding carboxylic acids is 3. The number of aliphatic imine (C=N–C) groups is 1. The minimum absolute atomic E-state index is 0.155. The smallest absolute Gasteiger partial charge is 0.417 e. The average Bonchev–Trinajstić information content (AvgIpc) is 3.22. The number of amides is 3. The zero-order chi connectivity index (χ0) is 30.6. The largest absolute Gasteiger partial charge is 0.444 e. The van der Waals surface area contributed by atoms with Crippen LogP contribution in [0, 0.1) is 0 Å². The topological polar surface area (TPSA) is 110 Å². The van der Waals surface area contributed by atoms with Gasteiger partial charge in [0, 0.05) is 15.5 Å². The number of rotatable bonds is 4. The van der Waals surface area contributed by atoms with E-state index in [2.05, 4.69) is 10.3 Å². The second kappa shape index (κ2) is 12.4. The van der Waals surface area contributed by atoms with Gasteiger partial charge in [0.1, 0.15) is 16.8 Å². The predicted molar refractivity (Wildman–Crippen MR) is 160 cm³/mol. The fourth-order valence-electron chi connectivity index (χ4n) is 3.51. The molecule has 222 valence electrons. The molecule has 0 saturated carbocycles. The minimum atomic E-state index is -0.704. The van der Waals surface area contributed by atoms with E-state index in [0.29, 0.717) is 11.4 Å². The lowest BCUT2D eigenvalue weighted by atomic mass is 10.2. The van der Waals surface area contributed by atoms with Crippen LogP contribution >= 0.6 is 11.8 Å². The van der Waals surface area contributed by atoms with Crippen molar-refractivity contribution in [3.63, 3.8) is 0 Å². The van der Waals surface area contributed by atoms with Gasteiger partial charge in [0.05, 0.1) is 18.8 Å². The molecule has 0 unspecified atom stereocenters. The van der Waals surface area contributed by atoms with Gasteiger partial charge in [-0.3, -0.25) is 5.32 Å². The van der Waals surface area contributed by atoms with Gasteiger partial charge in [-0.2, -0.15) is 0 Å². The van der Waals surface area contributed by atoms with Gasteiger partial charge in [-0.15, -0.1) is 0 Å². The quantitative estimate of drug-likeness (QED) is 0.367. The maximum Gasteiger partial charge on any atom is 0.417 e. The van der Waals surface area contributed by atoms with Gasteiger partial charge >= 0.3 is 18.3 Å². The van der Waals surface area contributed by atoms with Crippen LogP contribution in [0.15, 0.2) is 63.3 Å². The second-order valence-corrected chi connectivity index (χ2v) is 13.6. The highest BCUT2D eigenvalue weighted by Gasteiger charge is 2.39. The Morgan fingerprint density at radius 2 is 1.10 bits per heavy atom. The lowest BCUT2D eigenvalue weighted by Gasteiger charge is -2.27. The molecule has 2 aromatic rings. The first-order valence-corrected chi connectivity index (χ1v) is 14.2. The third-order valence-electron chi connectivity index (χ3n) is 5.06. The summed E-state index contributed by atoms with van der Waals surface area (Å²) in [6, 6.07) is 14.9. The molecule has 41 heavy (non-hydrogen) atoms. The van der Waals surface area contributed by atoms with E-state index in [9.17, 15) is 14.4 Å². The molecule has 1 aliphatic heterocycles. The van der Waals surface area contributed by atoms with Gasteiger partial charge in [0.2, 0.25) is 5.96 Å². The summed E-state index contributed by atoms with van der Waals surface area (Å²) in [5.41, 5.74) is -0.786. The van der Waals surface area contributed by atoms with Gasteiger partial charge in [0.25, 0.3) is 0 Å². The normalized spacial score (nSPS) is 14.0. The zero-order valence-corrected chi connectivity index (χ0v) is 26.0. The molecule has 0 aromatic heterocycles. The average molecular weight is 585 g/mol. The molecular formula is C30H40N4O6S. The zero-order valence-electron chi connectivity index (χ0n) is 25.2. The van der Waals surface area contributed by atoms with Crippen LogP contribution in [0.25, 0.3) is 0 Å². The molecule has 0 aliphatic carbocycles. The highest BCUT2D eigenvalue weighted by atomic mass is 32.2. The molecule has 0 atom stereocenters. The molecule has 0 radical (unpaired) electrons. The van der Waals surface area contributed by atoms with Crippen LogP contribution in [0.5, 0.6) is 0 Å². The van der Waals surface area contributed by atoms with E-state index in [0.717, 1.165) is 9.79 Å². The molecule has 1 fully saturated rings. The van der Waals surface area contributed by atoms with E-state index in [4.69, 9.17) is 14.2 Å². The van der Waals surface area contributed by atoms with Gasteiger partial charge in [-0.1, -0.05) is 11.8 Å². The van der Waals surface area contributed by atoms with Crippen molar-refractivity contribution in [3.8, 4) is 0 Å². The Bertz CT molecular complexity index is 1230. The van der Waals surface area contributed by atoms with E-state index in [1.807, 2.05) is 69.3 Å². The van der Waals surface area contributed by atoms with Crippen molar-refractivity contribution in [2.75, 3.05) is 18.4 Å². The molecule has 0 spiro atoms. The number of hydrogen-bond donors (Lipinski definition) is 1. The van der Waals surface area contributed by atoms with Crippen molar-refractivity contribution in [3.05, 3.63) is 48.5 Å². The second-order valence-electron chi connectivity index (χ2n) is 12.4. The van der Waals surface area contributed by atoms with Crippen LogP contribution in [0.3, 0.4) is 0 Å². The maximum absolute atomic E-state index is 12.9. The Hall–Kier alpha value is -3.73.